The molecule has 5 N–H and O–H groups in total. The fourth-order valence-corrected chi connectivity index (χ4v) is 3.06. The van der Waals surface area contributed by atoms with Gasteiger partial charge in [-0.3, -0.25) is 9.42 Å². The SMILES string of the molecule is CC(OP(=O)(O)OOP(=O)(O)OO)C(Cc1ccccc1)NC(=O)O. The van der Waals surface area contributed by atoms with Crippen LogP contribution in [0.5, 0.6) is 0 Å². The van der Waals surface area contributed by atoms with E-state index in [9.17, 15) is 18.8 Å². The number of rotatable bonds is 10. The standard InChI is InChI=1S/C11H17NO11P2/c1-8(20-24(16,17)22-23-25(18,19)21-15)10(12-11(13)14)7-9-5-3-2-4-6-9/h2-6,8,10,12,15H,7H2,1H3,(H,13,14)(H,16,17)(H,18,19). The number of phosphoric ester groups is 1. The summed E-state index contributed by atoms with van der Waals surface area (Å²) in [6, 6.07) is 7.66. The summed E-state index contributed by atoms with van der Waals surface area (Å²) in [6.07, 6.45) is -2.48. The molecule has 1 aromatic rings. The lowest BCUT2D eigenvalue weighted by atomic mass is 10.0. The summed E-state index contributed by atoms with van der Waals surface area (Å²) < 4.78 is 37.5. The van der Waals surface area contributed by atoms with Gasteiger partial charge in [0.1, 0.15) is 0 Å². The lowest BCUT2D eigenvalue weighted by Crippen LogP contribution is -2.43. The van der Waals surface area contributed by atoms with Gasteiger partial charge in [0.15, 0.2) is 0 Å². The molecule has 0 aliphatic carbocycles. The van der Waals surface area contributed by atoms with Crippen LogP contribution >= 0.6 is 15.6 Å². The average Bonchev–Trinajstić information content (AvgIpc) is 2.53. The Morgan fingerprint density at radius 3 is 2.24 bits per heavy atom. The van der Waals surface area contributed by atoms with E-state index in [0.717, 1.165) is 5.56 Å². The number of carboxylic acid groups (broad SMARTS) is 1. The molecule has 0 radical (unpaired) electrons. The van der Waals surface area contributed by atoms with Crippen molar-refractivity contribution in [2.24, 2.45) is 0 Å². The second kappa shape index (κ2) is 9.39. The summed E-state index contributed by atoms with van der Waals surface area (Å²) in [6.45, 7) is 1.27. The van der Waals surface area contributed by atoms with Crippen molar-refractivity contribution in [2.45, 2.75) is 25.5 Å². The first-order valence-corrected chi connectivity index (χ1v) is 9.62. The highest BCUT2D eigenvalue weighted by atomic mass is 31.2. The van der Waals surface area contributed by atoms with Gasteiger partial charge in [-0.25, -0.2) is 19.2 Å². The lowest BCUT2D eigenvalue weighted by Gasteiger charge is -2.25. The Bertz CT molecular complexity index is 655. The third-order valence-electron chi connectivity index (χ3n) is 2.80. The number of benzene rings is 1. The molecule has 0 aromatic heterocycles. The van der Waals surface area contributed by atoms with Crippen LogP contribution < -0.4 is 5.32 Å². The van der Waals surface area contributed by atoms with Crippen LogP contribution in [0.4, 0.5) is 4.79 Å². The first-order chi connectivity index (χ1) is 11.5. The Morgan fingerprint density at radius 2 is 1.72 bits per heavy atom. The first kappa shape index (κ1) is 21.7. The van der Waals surface area contributed by atoms with Crippen LogP contribution in [0.1, 0.15) is 12.5 Å². The summed E-state index contributed by atoms with van der Waals surface area (Å²) in [5.41, 5.74) is 0.718. The molecule has 142 valence electrons. The van der Waals surface area contributed by atoms with Crippen LogP contribution in [0.2, 0.25) is 0 Å². The van der Waals surface area contributed by atoms with E-state index in [4.69, 9.17) is 15.3 Å². The van der Waals surface area contributed by atoms with Crippen molar-refractivity contribution < 1.29 is 52.6 Å². The molecule has 0 saturated heterocycles. The van der Waals surface area contributed by atoms with Gasteiger partial charge >= 0.3 is 21.7 Å². The predicted octanol–water partition coefficient (Wildman–Crippen LogP) is 1.91. The van der Waals surface area contributed by atoms with Crippen LogP contribution in [0.3, 0.4) is 0 Å². The van der Waals surface area contributed by atoms with Gasteiger partial charge in [0.05, 0.1) is 12.1 Å². The molecule has 1 aromatic carbocycles. The summed E-state index contributed by atoms with van der Waals surface area (Å²) >= 11 is 0. The molecule has 0 aliphatic rings. The zero-order valence-corrected chi connectivity index (χ0v) is 14.6. The summed E-state index contributed by atoms with van der Waals surface area (Å²) in [4.78, 5) is 29.0. The largest absolute Gasteiger partial charge is 0.527 e. The minimum atomic E-state index is -5.10. The van der Waals surface area contributed by atoms with Crippen molar-refractivity contribution in [3.63, 3.8) is 0 Å². The van der Waals surface area contributed by atoms with E-state index in [1.807, 2.05) is 0 Å². The fourth-order valence-electron chi connectivity index (χ4n) is 1.76. The molecule has 4 atom stereocenters. The molecule has 14 heteroatoms. The fraction of sp³-hybridized carbons (Fsp3) is 0.364. The van der Waals surface area contributed by atoms with Crippen LogP contribution in [0, 0.1) is 0 Å². The highest BCUT2D eigenvalue weighted by Crippen LogP contribution is 2.52. The monoisotopic (exact) mass is 401 g/mol. The summed E-state index contributed by atoms with van der Waals surface area (Å²) in [5, 5.41) is 19.0. The van der Waals surface area contributed by atoms with E-state index < -0.39 is 33.9 Å². The third kappa shape index (κ3) is 8.54. The maximum absolute atomic E-state index is 11.7. The summed E-state index contributed by atoms with van der Waals surface area (Å²) in [7, 11) is -10.1. The number of carbonyl (C=O) groups is 1. The lowest BCUT2D eigenvalue weighted by molar-refractivity contribution is -0.216. The van der Waals surface area contributed by atoms with Gasteiger partial charge in [-0.05, 0) is 18.9 Å². The Kier molecular flexibility index (Phi) is 8.16. The molecule has 1 amide bonds. The molecule has 0 bridgehead atoms. The van der Waals surface area contributed by atoms with Gasteiger partial charge in [-0.15, -0.1) is 14.0 Å². The normalized spacial score (nSPS) is 18.6. The van der Waals surface area contributed by atoms with Gasteiger partial charge in [-0.1, -0.05) is 30.3 Å². The molecule has 25 heavy (non-hydrogen) atoms. The van der Waals surface area contributed by atoms with Crippen molar-refractivity contribution in [3.05, 3.63) is 35.9 Å². The zero-order valence-electron chi connectivity index (χ0n) is 12.8. The van der Waals surface area contributed by atoms with Crippen LogP contribution in [0.15, 0.2) is 30.3 Å². The maximum atomic E-state index is 11.7. The Labute approximate surface area is 142 Å². The third-order valence-corrected chi connectivity index (χ3v) is 4.25. The highest BCUT2D eigenvalue weighted by Gasteiger charge is 2.35. The van der Waals surface area contributed by atoms with Gasteiger partial charge in [-0.2, -0.15) is 0 Å². The molecule has 4 unspecified atom stereocenters. The Hall–Kier alpha value is -1.33. The van der Waals surface area contributed by atoms with Crippen LogP contribution in [-0.2, 0) is 34.1 Å². The van der Waals surface area contributed by atoms with Crippen LogP contribution in [0.25, 0.3) is 0 Å². The minimum absolute atomic E-state index is 0.118. The number of nitrogens with one attached hydrogen (secondary N) is 1. The molecule has 1 rings (SSSR count). The van der Waals surface area contributed by atoms with E-state index in [1.165, 1.54) is 6.92 Å². The van der Waals surface area contributed by atoms with Gasteiger partial charge < -0.3 is 15.3 Å². The van der Waals surface area contributed by atoms with Crippen molar-refractivity contribution in [2.75, 3.05) is 0 Å². The van der Waals surface area contributed by atoms with E-state index in [-0.39, 0.29) is 6.42 Å². The van der Waals surface area contributed by atoms with E-state index >= 15 is 0 Å². The number of amides is 1. The van der Waals surface area contributed by atoms with Gasteiger partial charge in [0.25, 0.3) is 0 Å². The maximum Gasteiger partial charge on any atom is 0.527 e. The van der Waals surface area contributed by atoms with Gasteiger partial charge in [0.2, 0.25) is 0 Å². The second-order valence-corrected chi connectivity index (χ2v) is 7.27. The molecule has 0 saturated carbocycles. The molecule has 0 heterocycles. The molecular formula is C11H17NO11P2. The smallest absolute Gasteiger partial charge is 0.465 e. The Morgan fingerprint density at radius 1 is 1.16 bits per heavy atom. The van der Waals surface area contributed by atoms with E-state index in [0.29, 0.717) is 0 Å². The summed E-state index contributed by atoms with van der Waals surface area (Å²) in [5.74, 6) is 0. The average molecular weight is 401 g/mol. The molecule has 0 aliphatic heterocycles. The molecule has 0 spiro atoms. The quantitative estimate of drug-likeness (QED) is 0.219. The topological polar surface area (TPSA) is 181 Å². The Balaban J connectivity index is 2.76. The highest BCUT2D eigenvalue weighted by molar-refractivity contribution is 7.49. The van der Waals surface area contributed by atoms with Crippen molar-refractivity contribution >= 4 is 21.7 Å². The predicted molar refractivity (Wildman–Crippen MR) is 81.2 cm³/mol. The van der Waals surface area contributed by atoms with E-state index in [2.05, 4.69) is 23.9 Å². The molecular weight excluding hydrogens is 384 g/mol. The van der Waals surface area contributed by atoms with Crippen molar-refractivity contribution in [1.82, 2.24) is 5.32 Å². The zero-order chi connectivity index (χ0) is 19.1. The van der Waals surface area contributed by atoms with Crippen LogP contribution in [-0.4, -0.2) is 38.4 Å². The van der Waals surface area contributed by atoms with Gasteiger partial charge in [0, 0.05) is 0 Å². The minimum Gasteiger partial charge on any atom is -0.465 e. The second-order valence-electron chi connectivity index (χ2n) is 4.72. The molecule has 0 fully saturated rings. The number of hydrogen-bond donors (Lipinski definition) is 5. The van der Waals surface area contributed by atoms with Crippen molar-refractivity contribution in [3.8, 4) is 0 Å². The van der Waals surface area contributed by atoms with Crippen molar-refractivity contribution in [1.29, 1.82) is 0 Å². The van der Waals surface area contributed by atoms with E-state index in [1.54, 1.807) is 30.3 Å². The number of hydrogen-bond acceptors (Lipinski definition) is 8. The molecule has 12 nitrogen and oxygen atoms in total. The number of phosphoric acid groups is 2. The first-order valence-electron chi connectivity index (χ1n) is 6.63.